The minimum atomic E-state index is -4.00. The molecule has 2 aromatic carbocycles. The highest BCUT2D eigenvalue weighted by atomic mass is 32.2. The van der Waals surface area contributed by atoms with Gasteiger partial charge in [-0.2, -0.15) is 4.31 Å². The van der Waals surface area contributed by atoms with Crippen LogP contribution in [-0.2, 0) is 21.4 Å². The predicted molar refractivity (Wildman–Crippen MR) is 114 cm³/mol. The van der Waals surface area contributed by atoms with Crippen LogP contribution in [-0.4, -0.2) is 57.9 Å². The molecule has 0 radical (unpaired) electrons. The minimum Gasteiger partial charge on any atom is -0.497 e. The number of amides is 1. The van der Waals surface area contributed by atoms with Gasteiger partial charge >= 0.3 is 0 Å². The van der Waals surface area contributed by atoms with E-state index >= 15 is 0 Å². The quantitative estimate of drug-likeness (QED) is 0.648. The van der Waals surface area contributed by atoms with Crippen molar-refractivity contribution in [2.24, 2.45) is 5.92 Å². The van der Waals surface area contributed by atoms with E-state index in [1.807, 2.05) is 24.3 Å². The Kier molecular flexibility index (Phi) is 7.17. The normalized spacial score (nSPS) is 17.2. The fraction of sp³-hybridized carbons (Fsp3) is 0.409. The summed E-state index contributed by atoms with van der Waals surface area (Å²) in [6.07, 6.45) is 1.14. The summed E-state index contributed by atoms with van der Waals surface area (Å²) in [6.45, 7) is 0.728. The van der Waals surface area contributed by atoms with Gasteiger partial charge in [-0.3, -0.25) is 4.79 Å². The van der Waals surface area contributed by atoms with Crippen LogP contribution in [0.15, 0.2) is 47.4 Å². The van der Waals surface area contributed by atoms with E-state index in [1.54, 1.807) is 19.1 Å². The molecule has 1 atom stereocenters. The molecule has 0 spiro atoms. The molecule has 9 heteroatoms. The maximum absolute atomic E-state index is 13.7. The molecule has 1 saturated heterocycles. The number of methoxy groups -OCH3 is 2. The number of ether oxygens (including phenoxy) is 2. The molecule has 3 rings (SSSR count). The molecule has 1 heterocycles. The Morgan fingerprint density at radius 1 is 1.16 bits per heavy atom. The molecule has 1 fully saturated rings. The van der Waals surface area contributed by atoms with Gasteiger partial charge in [0, 0.05) is 26.7 Å². The first-order chi connectivity index (χ1) is 14.8. The number of piperidine rings is 1. The fourth-order valence-corrected chi connectivity index (χ4v) is 5.44. The Bertz CT molecular complexity index is 1030. The minimum absolute atomic E-state index is 0.0494. The summed E-state index contributed by atoms with van der Waals surface area (Å²) in [5, 5.41) is 0. The van der Waals surface area contributed by atoms with E-state index in [1.165, 1.54) is 17.5 Å². The van der Waals surface area contributed by atoms with Crippen LogP contribution < -0.4 is 9.47 Å². The largest absolute Gasteiger partial charge is 0.497 e. The number of carbonyl (C=O) groups excluding carboxylic acids is 1. The second-order valence-corrected chi connectivity index (χ2v) is 9.45. The maximum atomic E-state index is 13.7. The van der Waals surface area contributed by atoms with E-state index in [-0.39, 0.29) is 29.6 Å². The third-order valence-electron chi connectivity index (χ3n) is 5.43. The Hall–Kier alpha value is -2.65. The fourth-order valence-electron chi connectivity index (χ4n) is 3.75. The molecule has 1 aliphatic heterocycles. The third-order valence-corrected chi connectivity index (χ3v) is 7.32. The molecular formula is C22H27FN2O5S. The van der Waals surface area contributed by atoms with Crippen molar-refractivity contribution in [3.63, 3.8) is 0 Å². The van der Waals surface area contributed by atoms with Crippen LogP contribution in [0.1, 0.15) is 18.4 Å². The van der Waals surface area contributed by atoms with E-state index in [2.05, 4.69) is 0 Å². The summed E-state index contributed by atoms with van der Waals surface area (Å²) in [4.78, 5) is 14.4. The Morgan fingerprint density at radius 3 is 2.52 bits per heavy atom. The molecule has 0 N–H and O–H groups in total. The molecule has 0 aliphatic carbocycles. The van der Waals surface area contributed by atoms with Crippen LogP contribution in [0.5, 0.6) is 11.5 Å². The lowest BCUT2D eigenvalue weighted by atomic mass is 9.98. The molecule has 168 valence electrons. The first kappa shape index (κ1) is 23.0. The van der Waals surface area contributed by atoms with Gasteiger partial charge in [-0.15, -0.1) is 0 Å². The predicted octanol–water partition coefficient (Wildman–Crippen LogP) is 2.90. The number of hydrogen-bond acceptors (Lipinski definition) is 5. The molecule has 0 unspecified atom stereocenters. The van der Waals surface area contributed by atoms with E-state index in [4.69, 9.17) is 9.47 Å². The van der Waals surface area contributed by atoms with Gasteiger partial charge in [0.2, 0.25) is 15.9 Å². The van der Waals surface area contributed by atoms with Crippen molar-refractivity contribution in [2.45, 2.75) is 24.3 Å². The zero-order chi connectivity index (χ0) is 22.6. The van der Waals surface area contributed by atoms with Crippen LogP contribution in [0, 0.1) is 11.7 Å². The second kappa shape index (κ2) is 9.65. The van der Waals surface area contributed by atoms with Gasteiger partial charge in [-0.05, 0) is 48.7 Å². The number of benzene rings is 2. The maximum Gasteiger partial charge on any atom is 0.246 e. The Balaban J connectivity index is 1.73. The van der Waals surface area contributed by atoms with E-state index in [0.29, 0.717) is 19.4 Å². The third kappa shape index (κ3) is 5.16. The molecule has 7 nitrogen and oxygen atoms in total. The zero-order valence-electron chi connectivity index (χ0n) is 17.9. The van der Waals surface area contributed by atoms with E-state index < -0.39 is 21.8 Å². The standard InChI is InChI=1S/C22H27FN2O5S/c1-24(14-16-6-9-19(29-2)10-7-16)22(26)17-5-4-12-25(15-17)31(27,28)21-13-18(23)8-11-20(21)30-3/h6-11,13,17H,4-5,12,14-15H2,1-3H3/t17-/m0/s1. The average Bonchev–Trinajstić information content (AvgIpc) is 2.79. The zero-order valence-corrected chi connectivity index (χ0v) is 18.7. The van der Waals surface area contributed by atoms with Crippen LogP contribution in [0.3, 0.4) is 0 Å². The molecular weight excluding hydrogens is 423 g/mol. The molecule has 2 aromatic rings. The van der Waals surface area contributed by atoms with Gasteiger partial charge in [-0.1, -0.05) is 12.1 Å². The lowest BCUT2D eigenvalue weighted by Crippen LogP contribution is -2.45. The highest BCUT2D eigenvalue weighted by Gasteiger charge is 2.36. The number of nitrogens with zero attached hydrogens (tertiary/aromatic N) is 2. The molecule has 0 saturated carbocycles. The van der Waals surface area contributed by atoms with Crippen molar-refractivity contribution < 1.29 is 27.1 Å². The summed E-state index contributed by atoms with van der Waals surface area (Å²) < 4.78 is 51.6. The summed E-state index contributed by atoms with van der Waals surface area (Å²) in [5.74, 6) is -0.443. The number of hydrogen-bond donors (Lipinski definition) is 0. The number of rotatable bonds is 7. The Labute approximate surface area is 182 Å². The van der Waals surface area contributed by atoms with Crippen molar-refractivity contribution in [2.75, 3.05) is 34.4 Å². The highest BCUT2D eigenvalue weighted by molar-refractivity contribution is 7.89. The summed E-state index contributed by atoms with van der Waals surface area (Å²) in [5.41, 5.74) is 0.946. The van der Waals surface area contributed by atoms with Crippen molar-refractivity contribution in [1.29, 1.82) is 0 Å². The summed E-state index contributed by atoms with van der Waals surface area (Å²) >= 11 is 0. The van der Waals surface area contributed by atoms with Crippen LogP contribution in [0.2, 0.25) is 0 Å². The number of carbonyl (C=O) groups is 1. The number of halogens is 1. The lowest BCUT2D eigenvalue weighted by Gasteiger charge is -2.33. The van der Waals surface area contributed by atoms with Gasteiger partial charge in [0.15, 0.2) is 0 Å². The van der Waals surface area contributed by atoms with Gasteiger partial charge in [0.25, 0.3) is 0 Å². The van der Waals surface area contributed by atoms with Crippen LogP contribution in [0.25, 0.3) is 0 Å². The van der Waals surface area contributed by atoms with E-state index in [0.717, 1.165) is 23.4 Å². The lowest BCUT2D eigenvalue weighted by molar-refractivity contribution is -0.135. The SMILES string of the molecule is COc1ccc(CN(C)C(=O)[C@H]2CCCN(S(=O)(=O)c3cc(F)ccc3OC)C2)cc1. The summed E-state index contributed by atoms with van der Waals surface area (Å²) in [6, 6.07) is 10.8. The van der Waals surface area contributed by atoms with Gasteiger partial charge < -0.3 is 14.4 Å². The first-order valence-electron chi connectivity index (χ1n) is 9.98. The topological polar surface area (TPSA) is 76.2 Å². The first-order valence-corrected chi connectivity index (χ1v) is 11.4. The molecule has 31 heavy (non-hydrogen) atoms. The van der Waals surface area contributed by atoms with Crippen molar-refractivity contribution in [3.8, 4) is 11.5 Å². The molecule has 1 amide bonds. The van der Waals surface area contributed by atoms with Crippen molar-refractivity contribution in [1.82, 2.24) is 9.21 Å². The van der Waals surface area contributed by atoms with Gasteiger partial charge in [-0.25, -0.2) is 12.8 Å². The van der Waals surface area contributed by atoms with Crippen molar-refractivity contribution in [3.05, 3.63) is 53.8 Å². The summed E-state index contributed by atoms with van der Waals surface area (Å²) in [7, 11) is 0.628. The number of sulfonamides is 1. The van der Waals surface area contributed by atoms with Gasteiger partial charge in [0.05, 0.1) is 20.1 Å². The average molecular weight is 451 g/mol. The van der Waals surface area contributed by atoms with E-state index in [9.17, 15) is 17.6 Å². The molecule has 1 aliphatic rings. The van der Waals surface area contributed by atoms with Crippen molar-refractivity contribution >= 4 is 15.9 Å². The molecule has 0 bridgehead atoms. The van der Waals surface area contributed by atoms with Crippen LogP contribution in [0.4, 0.5) is 4.39 Å². The van der Waals surface area contributed by atoms with Gasteiger partial charge in [0.1, 0.15) is 22.2 Å². The smallest absolute Gasteiger partial charge is 0.246 e. The molecule has 0 aromatic heterocycles. The second-order valence-electron chi connectivity index (χ2n) is 7.54. The Morgan fingerprint density at radius 2 is 1.87 bits per heavy atom. The highest BCUT2D eigenvalue weighted by Crippen LogP contribution is 2.31. The monoisotopic (exact) mass is 450 g/mol. The van der Waals surface area contributed by atoms with Crippen LogP contribution >= 0.6 is 0 Å².